The van der Waals surface area contributed by atoms with Gasteiger partial charge >= 0.3 is 0 Å². The summed E-state index contributed by atoms with van der Waals surface area (Å²) >= 11 is 0. The summed E-state index contributed by atoms with van der Waals surface area (Å²) in [4.78, 5) is 2.68. The van der Waals surface area contributed by atoms with Gasteiger partial charge in [-0.1, -0.05) is 91.0 Å². The SMILES string of the molecule is COCC1CCCN(C(c2ccccc2)(c2ccccc2)c2ccccc2)C1. The second kappa shape index (κ2) is 8.72. The number of likely N-dealkylation sites (tertiary alicyclic amines) is 1. The lowest BCUT2D eigenvalue weighted by atomic mass is 9.74. The summed E-state index contributed by atoms with van der Waals surface area (Å²) in [6.07, 6.45) is 2.43. The van der Waals surface area contributed by atoms with Crippen molar-refractivity contribution in [3.63, 3.8) is 0 Å². The number of hydrogen-bond donors (Lipinski definition) is 0. The molecule has 3 aromatic rings. The lowest BCUT2D eigenvalue weighted by molar-refractivity contribution is 0.0514. The van der Waals surface area contributed by atoms with E-state index in [-0.39, 0.29) is 5.54 Å². The fourth-order valence-electron chi connectivity index (χ4n) is 4.83. The van der Waals surface area contributed by atoms with Crippen molar-refractivity contribution < 1.29 is 4.74 Å². The number of benzene rings is 3. The van der Waals surface area contributed by atoms with Gasteiger partial charge in [0, 0.05) is 13.7 Å². The number of rotatable bonds is 6. The lowest BCUT2D eigenvalue weighted by Gasteiger charge is -2.49. The van der Waals surface area contributed by atoms with E-state index in [0.717, 1.165) is 19.7 Å². The van der Waals surface area contributed by atoms with Crippen LogP contribution >= 0.6 is 0 Å². The summed E-state index contributed by atoms with van der Waals surface area (Å²) in [6.45, 7) is 2.94. The highest BCUT2D eigenvalue weighted by Crippen LogP contribution is 2.44. The molecular weight excluding hydrogens is 342 g/mol. The number of nitrogens with zero attached hydrogens (tertiary/aromatic N) is 1. The Morgan fingerprint density at radius 3 is 1.68 bits per heavy atom. The number of methoxy groups -OCH3 is 1. The van der Waals surface area contributed by atoms with Gasteiger partial charge in [0.2, 0.25) is 0 Å². The van der Waals surface area contributed by atoms with Crippen LogP contribution in [0.3, 0.4) is 0 Å². The largest absolute Gasteiger partial charge is 0.384 e. The van der Waals surface area contributed by atoms with E-state index >= 15 is 0 Å². The van der Waals surface area contributed by atoms with Crippen molar-refractivity contribution in [1.82, 2.24) is 4.90 Å². The predicted molar refractivity (Wildman–Crippen MR) is 115 cm³/mol. The van der Waals surface area contributed by atoms with Gasteiger partial charge in [0.15, 0.2) is 0 Å². The van der Waals surface area contributed by atoms with Crippen molar-refractivity contribution in [1.29, 1.82) is 0 Å². The fraction of sp³-hybridized carbons (Fsp3) is 0.308. The zero-order valence-electron chi connectivity index (χ0n) is 16.6. The molecule has 4 rings (SSSR count). The van der Waals surface area contributed by atoms with Gasteiger partial charge in [0.05, 0.1) is 12.1 Å². The Morgan fingerprint density at radius 2 is 1.25 bits per heavy atom. The van der Waals surface area contributed by atoms with E-state index in [0.29, 0.717) is 5.92 Å². The summed E-state index contributed by atoms with van der Waals surface area (Å²) in [5, 5.41) is 0. The second-order valence-electron chi connectivity index (χ2n) is 7.72. The van der Waals surface area contributed by atoms with Crippen LogP contribution in [-0.2, 0) is 10.3 Å². The van der Waals surface area contributed by atoms with Gasteiger partial charge in [-0.3, -0.25) is 4.90 Å². The van der Waals surface area contributed by atoms with E-state index in [1.807, 2.05) is 7.11 Å². The third-order valence-corrected chi connectivity index (χ3v) is 5.97. The third kappa shape index (κ3) is 3.50. The van der Waals surface area contributed by atoms with Crippen LogP contribution in [0.2, 0.25) is 0 Å². The quantitative estimate of drug-likeness (QED) is 0.543. The van der Waals surface area contributed by atoms with Crippen molar-refractivity contribution in [2.24, 2.45) is 5.92 Å². The monoisotopic (exact) mass is 371 g/mol. The molecule has 0 spiro atoms. The van der Waals surface area contributed by atoms with Crippen LogP contribution in [0.1, 0.15) is 29.5 Å². The second-order valence-corrected chi connectivity index (χ2v) is 7.72. The Hall–Kier alpha value is -2.42. The van der Waals surface area contributed by atoms with Crippen molar-refractivity contribution >= 4 is 0 Å². The molecule has 1 atom stereocenters. The van der Waals surface area contributed by atoms with Gasteiger partial charge in [0.1, 0.15) is 0 Å². The van der Waals surface area contributed by atoms with Gasteiger partial charge in [-0.25, -0.2) is 0 Å². The molecule has 1 heterocycles. The van der Waals surface area contributed by atoms with Gasteiger partial charge in [-0.2, -0.15) is 0 Å². The minimum Gasteiger partial charge on any atom is -0.384 e. The summed E-state index contributed by atoms with van der Waals surface area (Å²) in [7, 11) is 1.82. The first kappa shape index (κ1) is 18.9. The van der Waals surface area contributed by atoms with Crippen molar-refractivity contribution in [3.8, 4) is 0 Å². The molecular formula is C26H29NO. The van der Waals surface area contributed by atoms with Crippen LogP contribution in [-0.4, -0.2) is 31.7 Å². The molecule has 3 aromatic carbocycles. The zero-order chi connectivity index (χ0) is 19.2. The van der Waals surface area contributed by atoms with Gasteiger partial charge in [-0.05, 0) is 42.0 Å². The summed E-state index contributed by atoms with van der Waals surface area (Å²) < 4.78 is 5.53. The average molecular weight is 372 g/mol. The standard InChI is InChI=1S/C26H29NO/c1-28-21-22-12-11-19-27(20-22)26(23-13-5-2-6-14-23,24-15-7-3-8-16-24)25-17-9-4-10-18-25/h2-10,13-18,22H,11-12,19-21H2,1H3. The van der Waals surface area contributed by atoms with Crippen LogP contribution < -0.4 is 0 Å². The van der Waals surface area contributed by atoms with Crippen molar-refractivity contribution in [2.45, 2.75) is 18.4 Å². The summed E-state index contributed by atoms with van der Waals surface area (Å²) in [5.41, 5.74) is 3.68. The highest BCUT2D eigenvalue weighted by molar-refractivity contribution is 5.49. The van der Waals surface area contributed by atoms with Gasteiger partial charge in [0.25, 0.3) is 0 Å². The van der Waals surface area contributed by atoms with E-state index in [9.17, 15) is 0 Å². The zero-order valence-corrected chi connectivity index (χ0v) is 16.6. The first-order chi connectivity index (χ1) is 13.9. The van der Waals surface area contributed by atoms with E-state index in [1.165, 1.54) is 29.5 Å². The molecule has 1 saturated heterocycles. The highest BCUT2D eigenvalue weighted by Gasteiger charge is 2.43. The summed E-state index contributed by atoms with van der Waals surface area (Å²) in [6, 6.07) is 32.9. The van der Waals surface area contributed by atoms with Crippen molar-refractivity contribution in [3.05, 3.63) is 108 Å². The normalized spacial score (nSPS) is 18.1. The van der Waals surface area contributed by atoms with Crippen LogP contribution in [0.15, 0.2) is 91.0 Å². The lowest BCUT2D eigenvalue weighted by Crippen LogP contribution is -2.52. The maximum Gasteiger partial charge on any atom is 0.0973 e. The Kier molecular flexibility index (Phi) is 5.90. The minimum atomic E-state index is -0.295. The predicted octanol–water partition coefficient (Wildman–Crippen LogP) is 5.34. The molecule has 0 saturated carbocycles. The maximum atomic E-state index is 5.53. The molecule has 2 nitrogen and oxygen atoms in total. The first-order valence-corrected chi connectivity index (χ1v) is 10.3. The van der Waals surface area contributed by atoms with E-state index in [2.05, 4.69) is 95.9 Å². The first-order valence-electron chi connectivity index (χ1n) is 10.3. The van der Waals surface area contributed by atoms with Gasteiger partial charge in [-0.15, -0.1) is 0 Å². The Morgan fingerprint density at radius 1 is 0.786 bits per heavy atom. The number of piperidine rings is 1. The molecule has 0 radical (unpaired) electrons. The molecule has 0 aromatic heterocycles. The molecule has 0 N–H and O–H groups in total. The molecule has 1 fully saturated rings. The molecule has 2 heteroatoms. The Balaban J connectivity index is 1.93. The van der Waals surface area contributed by atoms with Crippen LogP contribution in [0.5, 0.6) is 0 Å². The van der Waals surface area contributed by atoms with E-state index in [4.69, 9.17) is 4.74 Å². The summed E-state index contributed by atoms with van der Waals surface area (Å²) in [5.74, 6) is 0.564. The average Bonchev–Trinajstić information content (AvgIpc) is 2.77. The van der Waals surface area contributed by atoms with E-state index < -0.39 is 0 Å². The molecule has 1 unspecified atom stereocenters. The van der Waals surface area contributed by atoms with Crippen LogP contribution in [0.4, 0.5) is 0 Å². The molecule has 0 amide bonds. The van der Waals surface area contributed by atoms with Crippen LogP contribution in [0, 0.1) is 5.92 Å². The van der Waals surface area contributed by atoms with E-state index in [1.54, 1.807) is 0 Å². The molecule has 1 aliphatic heterocycles. The van der Waals surface area contributed by atoms with Crippen molar-refractivity contribution in [2.75, 3.05) is 26.8 Å². The maximum absolute atomic E-state index is 5.53. The molecule has 1 aliphatic rings. The smallest absolute Gasteiger partial charge is 0.0973 e. The third-order valence-electron chi connectivity index (χ3n) is 5.97. The molecule has 0 bridgehead atoms. The molecule has 28 heavy (non-hydrogen) atoms. The Labute approximate surface area is 168 Å². The topological polar surface area (TPSA) is 12.5 Å². The number of ether oxygens (including phenoxy) is 1. The molecule has 144 valence electrons. The Bertz CT molecular complexity index is 749. The molecule has 0 aliphatic carbocycles. The highest BCUT2D eigenvalue weighted by atomic mass is 16.5. The fourth-order valence-corrected chi connectivity index (χ4v) is 4.83. The minimum absolute atomic E-state index is 0.295. The number of hydrogen-bond acceptors (Lipinski definition) is 2. The van der Waals surface area contributed by atoms with Crippen LogP contribution in [0.25, 0.3) is 0 Å². The van der Waals surface area contributed by atoms with Gasteiger partial charge < -0.3 is 4.74 Å².